The fourth-order valence-electron chi connectivity index (χ4n) is 6.58. The standard InChI is InChI=1S/C31H37N7O5/c1-31(30(42)43-2,38-29-26(39)12-14-37(29)34-38)27(40)19-35(17-22-9-5-8-21-7-3-4-11-25(21)22)18-24-10-6-13-36(24)28(41)15-23-16-32-20-33-23/h3-5,7-9,11,16,20,24,29,34H,6,10,12-15,17-19H2,1-2H3,(H,32,33)/t24-,29?,31+/m0/s1. The molecule has 12 heteroatoms. The van der Waals surface area contributed by atoms with Crippen molar-refractivity contribution in [2.75, 3.05) is 33.3 Å². The molecule has 3 aliphatic rings. The molecule has 0 aliphatic carbocycles. The first-order valence-electron chi connectivity index (χ1n) is 14.7. The van der Waals surface area contributed by atoms with Crippen molar-refractivity contribution in [3.05, 3.63) is 66.2 Å². The largest absolute Gasteiger partial charge is 0.467 e. The minimum absolute atomic E-state index is 0.00667. The van der Waals surface area contributed by atoms with E-state index in [0.29, 0.717) is 32.6 Å². The highest BCUT2D eigenvalue weighted by Crippen LogP contribution is 2.32. The molecule has 1 aromatic heterocycles. The molecule has 0 spiro atoms. The molecule has 1 amide bonds. The van der Waals surface area contributed by atoms with Gasteiger partial charge in [0.25, 0.3) is 0 Å². The molecule has 3 fully saturated rings. The van der Waals surface area contributed by atoms with Crippen LogP contribution in [0.15, 0.2) is 55.0 Å². The summed E-state index contributed by atoms with van der Waals surface area (Å²) in [5.74, 6) is -1.16. The summed E-state index contributed by atoms with van der Waals surface area (Å²) in [5.41, 5.74) is 3.09. The number of nitrogens with one attached hydrogen (secondary N) is 2. The van der Waals surface area contributed by atoms with Crippen LogP contribution in [0.3, 0.4) is 0 Å². The van der Waals surface area contributed by atoms with Crippen molar-refractivity contribution in [2.24, 2.45) is 0 Å². The van der Waals surface area contributed by atoms with Gasteiger partial charge in [-0.25, -0.2) is 14.8 Å². The number of Topliss-reactive ketones (excluding diaryl/α,β-unsaturated/α-hetero) is 2. The number of hydrogen-bond donors (Lipinski definition) is 2. The third-order valence-corrected chi connectivity index (χ3v) is 8.97. The zero-order chi connectivity index (χ0) is 30.1. The lowest BCUT2D eigenvalue weighted by atomic mass is 9.92. The quantitative estimate of drug-likeness (QED) is 0.251. The lowest BCUT2D eigenvalue weighted by molar-refractivity contribution is -0.225. The molecular weight excluding hydrogens is 550 g/mol. The van der Waals surface area contributed by atoms with Gasteiger partial charge in [-0.2, -0.15) is 10.5 Å². The molecule has 43 heavy (non-hydrogen) atoms. The number of carbonyl (C=O) groups is 4. The number of amides is 1. The van der Waals surface area contributed by atoms with Crippen LogP contribution in [-0.4, -0.2) is 104 Å². The maximum atomic E-state index is 14.2. The molecule has 0 bridgehead atoms. The normalized spacial score (nSPS) is 22.0. The van der Waals surface area contributed by atoms with Crippen molar-refractivity contribution in [2.45, 2.75) is 56.9 Å². The number of imidazole rings is 1. The van der Waals surface area contributed by atoms with Crippen LogP contribution in [0.5, 0.6) is 0 Å². The van der Waals surface area contributed by atoms with Crippen LogP contribution < -0.4 is 5.53 Å². The molecule has 3 atom stereocenters. The Bertz CT molecular complexity index is 1520. The zero-order valence-electron chi connectivity index (χ0n) is 24.5. The van der Waals surface area contributed by atoms with E-state index in [4.69, 9.17) is 4.74 Å². The molecule has 3 aromatic rings. The number of methoxy groups -OCH3 is 1. The van der Waals surface area contributed by atoms with Crippen LogP contribution in [-0.2, 0) is 36.9 Å². The predicted octanol–water partition coefficient (Wildman–Crippen LogP) is 1.44. The monoisotopic (exact) mass is 587 g/mol. The summed E-state index contributed by atoms with van der Waals surface area (Å²) in [7, 11) is 1.25. The molecule has 3 saturated heterocycles. The average molecular weight is 588 g/mol. The first kappa shape index (κ1) is 29.1. The number of nitrogens with zero attached hydrogens (tertiary/aromatic N) is 5. The summed E-state index contributed by atoms with van der Waals surface area (Å²) in [6, 6.07) is 14.1. The highest BCUT2D eigenvalue weighted by atomic mass is 16.5. The topological polar surface area (TPSA) is 131 Å². The number of H-pyrrole nitrogens is 1. The van der Waals surface area contributed by atoms with Crippen molar-refractivity contribution >= 4 is 34.2 Å². The van der Waals surface area contributed by atoms with Gasteiger partial charge >= 0.3 is 5.97 Å². The second kappa shape index (κ2) is 12.0. The van der Waals surface area contributed by atoms with Crippen LogP contribution in [0.1, 0.15) is 37.4 Å². The lowest BCUT2D eigenvalue weighted by Crippen LogP contribution is -2.81. The van der Waals surface area contributed by atoms with Gasteiger partial charge in [-0.15, -0.1) is 0 Å². The second-order valence-electron chi connectivity index (χ2n) is 11.7. The van der Waals surface area contributed by atoms with Gasteiger partial charge in [0.1, 0.15) is 0 Å². The van der Waals surface area contributed by atoms with Gasteiger partial charge < -0.3 is 14.6 Å². The van der Waals surface area contributed by atoms with Gasteiger partial charge in [-0.05, 0) is 36.1 Å². The molecule has 226 valence electrons. The number of benzene rings is 2. The molecule has 12 nitrogen and oxygen atoms in total. The maximum Gasteiger partial charge on any atom is 0.335 e. The van der Waals surface area contributed by atoms with E-state index in [0.717, 1.165) is 34.9 Å². The fraction of sp³-hybridized carbons (Fsp3) is 0.452. The molecule has 6 rings (SSSR count). The van der Waals surface area contributed by atoms with Crippen LogP contribution in [0.4, 0.5) is 0 Å². The second-order valence-corrected chi connectivity index (χ2v) is 11.7. The smallest absolute Gasteiger partial charge is 0.335 e. The van der Waals surface area contributed by atoms with E-state index in [9.17, 15) is 19.2 Å². The number of esters is 1. The Balaban J connectivity index is 1.27. The highest BCUT2D eigenvalue weighted by Gasteiger charge is 2.60. The van der Waals surface area contributed by atoms with E-state index in [1.54, 1.807) is 17.5 Å². The van der Waals surface area contributed by atoms with Crippen LogP contribution >= 0.6 is 0 Å². The van der Waals surface area contributed by atoms with Gasteiger partial charge in [0.15, 0.2) is 23.3 Å². The number of ether oxygens (including phenoxy) is 1. The van der Waals surface area contributed by atoms with Crippen LogP contribution in [0.25, 0.3) is 10.8 Å². The van der Waals surface area contributed by atoms with Gasteiger partial charge in [0, 0.05) is 50.5 Å². The Kier molecular flexibility index (Phi) is 8.10. The summed E-state index contributed by atoms with van der Waals surface area (Å²) in [5, 5.41) is 5.33. The first-order valence-corrected chi connectivity index (χ1v) is 14.7. The van der Waals surface area contributed by atoms with E-state index >= 15 is 0 Å². The summed E-state index contributed by atoms with van der Waals surface area (Å²) in [4.78, 5) is 64.3. The summed E-state index contributed by atoms with van der Waals surface area (Å²) < 4.78 is 5.12. The van der Waals surface area contributed by atoms with Gasteiger partial charge in [-0.3, -0.25) is 19.3 Å². The lowest BCUT2D eigenvalue weighted by Gasteiger charge is -2.52. The Morgan fingerprint density at radius 2 is 1.95 bits per heavy atom. The van der Waals surface area contributed by atoms with Crippen LogP contribution in [0.2, 0.25) is 0 Å². The number of aromatic nitrogens is 2. The summed E-state index contributed by atoms with van der Waals surface area (Å²) in [6.07, 6.45) is 4.77. The summed E-state index contributed by atoms with van der Waals surface area (Å²) in [6.45, 7) is 3.48. The zero-order valence-corrected chi connectivity index (χ0v) is 24.5. The van der Waals surface area contributed by atoms with E-state index in [2.05, 4.69) is 33.7 Å². The third-order valence-electron chi connectivity index (χ3n) is 8.97. The van der Waals surface area contributed by atoms with E-state index in [-0.39, 0.29) is 36.5 Å². The molecule has 2 aromatic carbocycles. The Morgan fingerprint density at radius 3 is 2.72 bits per heavy atom. The van der Waals surface area contributed by atoms with Crippen molar-refractivity contribution in [3.63, 3.8) is 0 Å². The molecular formula is C31H37N7O5. The minimum atomic E-state index is -1.72. The van der Waals surface area contributed by atoms with E-state index in [1.165, 1.54) is 19.0 Å². The SMILES string of the molecule is COC(=O)[C@@](C)(C(=O)CN(Cc1cccc2ccccc12)C[C@@H]1CCCN1C(=O)Cc1cnc[nH]1)N1NN2CCC(=O)C21. The number of hydrogen-bond acceptors (Lipinski definition) is 10. The number of carbonyl (C=O) groups excluding carboxylic acids is 4. The number of fused-ring (bicyclic) bond motifs is 2. The predicted molar refractivity (Wildman–Crippen MR) is 157 cm³/mol. The first-order chi connectivity index (χ1) is 20.8. The third kappa shape index (κ3) is 5.47. The van der Waals surface area contributed by atoms with Crippen molar-refractivity contribution < 1.29 is 23.9 Å². The Labute approximate surface area is 249 Å². The van der Waals surface area contributed by atoms with Gasteiger partial charge in [-0.1, -0.05) is 42.5 Å². The van der Waals surface area contributed by atoms with Gasteiger partial charge in [0.05, 0.1) is 26.4 Å². The number of ketones is 2. The van der Waals surface area contributed by atoms with E-state index in [1.807, 2.05) is 34.1 Å². The van der Waals surface area contributed by atoms with Crippen molar-refractivity contribution in [1.82, 2.24) is 35.3 Å². The fourth-order valence-corrected chi connectivity index (χ4v) is 6.58. The number of hydrazine groups is 2. The minimum Gasteiger partial charge on any atom is -0.467 e. The summed E-state index contributed by atoms with van der Waals surface area (Å²) >= 11 is 0. The number of aromatic amines is 1. The van der Waals surface area contributed by atoms with Gasteiger partial charge in [0.2, 0.25) is 5.91 Å². The number of likely N-dealkylation sites (tertiary alicyclic amines) is 1. The molecule has 1 unspecified atom stereocenters. The maximum absolute atomic E-state index is 14.2. The van der Waals surface area contributed by atoms with E-state index < -0.39 is 17.7 Å². The molecule has 2 N–H and O–H groups in total. The Morgan fingerprint density at radius 1 is 1.14 bits per heavy atom. The van der Waals surface area contributed by atoms with Crippen LogP contribution in [0, 0.1) is 0 Å². The molecule has 4 heterocycles. The highest BCUT2D eigenvalue weighted by molar-refractivity contribution is 6.09. The van der Waals surface area contributed by atoms with Crippen molar-refractivity contribution in [1.29, 1.82) is 0 Å². The number of rotatable bonds is 11. The van der Waals surface area contributed by atoms with Crippen molar-refractivity contribution in [3.8, 4) is 0 Å². The molecule has 0 saturated carbocycles. The molecule has 3 aliphatic heterocycles. The Hall–Kier alpha value is -3.97. The average Bonchev–Trinajstić information content (AvgIpc) is 3.73. The molecule has 0 radical (unpaired) electrons.